The van der Waals surface area contributed by atoms with E-state index in [0.717, 1.165) is 47.4 Å². The van der Waals surface area contributed by atoms with Crippen molar-refractivity contribution in [1.29, 1.82) is 0 Å². The quantitative estimate of drug-likeness (QED) is 0.370. The predicted molar refractivity (Wildman–Crippen MR) is 115 cm³/mol. The summed E-state index contributed by atoms with van der Waals surface area (Å²) in [5.74, 6) is 3.33. The Balaban J connectivity index is 1.99. The number of nitrogens with one attached hydrogen (secondary N) is 2. The lowest BCUT2D eigenvalue weighted by Gasteiger charge is -2.13. The van der Waals surface area contributed by atoms with Crippen LogP contribution in [0.25, 0.3) is 0 Å². The Morgan fingerprint density at radius 3 is 2.56 bits per heavy atom. The van der Waals surface area contributed by atoms with Gasteiger partial charge in [0.25, 0.3) is 0 Å². The second kappa shape index (κ2) is 12.1. The van der Waals surface area contributed by atoms with Crippen LogP contribution in [0.4, 0.5) is 0 Å². The van der Waals surface area contributed by atoms with E-state index >= 15 is 0 Å². The summed E-state index contributed by atoms with van der Waals surface area (Å²) in [6.45, 7) is 4.87. The molecule has 0 spiro atoms. The van der Waals surface area contributed by atoms with Gasteiger partial charge < -0.3 is 20.1 Å². The van der Waals surface area contributed by atoms with Gasteiger partial charge in [-0.2, -0.15) is 11.8 Å². The summed E-state index contributed by atoms with van der Waals surface area (Å²) in [5.41, 5.74) is 2.20. The van der Waals surface area contributed by atoms with Gasteiger partial charge in [-0.25, -0.2) is 4.99 Å². The van der Waals surface area contributed by atoms with Crippen LogP contribution in [0.5, 0.6) is 11.5 Å². The zero-order valence-corrected chi connectivity index (χ0v) is 17.1. The molecule has 0 saturated carbocycles. The van der Waals surface area contributed by atoms with E-state index in [2.05, 4.69) is 28.8 Å². The lowest BCUT2D eigenvalue weighted by molar-refractivity contribution is 0.284. The zero-order valence-electron chi connectivity index (χ0n) is 16.3. The lowest BCUT2D eigenvalue weighted by atomic mass is 10.2. The second-order valence-corrected chi connectivity index (χ2v) is 6.86. The predicted octanol–water partition coefficient (Wildman–Crippen LogP) is 3.69. The summed E-state index contributed by atoms with van der Waals surface area (Å²) in [7, 11) is 1.66. The summed E-state index contributed by atoms with van der Waals surface area (Å²) in [5, 5.41) is 6.60. The molecule has 0 bridgehead atoms. The Bertz CT molecular complexity index is 708. The van der Waals surface area contributed by atoms with Gasteiger partial charge in [-0.15, -0.1) is 0 Å². The van der Waals surface area contributed by atoms with Crippen LogP contribution in [0.2, 0.25) is 0 Å². The first-order valence-electron chi connectivity index (χ1n) is 9.11. The van der Waals surface area contributed by atoms with Gasteiger partial charge in [-0.3, -0.25) is 0 Å². The molecular weight excluding hydrogens is 358 g/mol. The maximum absolute atomic E-state index is 5.91. The van der Waals surface area contributed by atoms with Crippen LogP contribution in [0.15, 0.2) is 53.5 Å². The standard InChI is InChI=1S/C21H29N3O2S/c1-4-22-21(23-12-13-27-3)24-15-18-10-11-19(20(14-18)25-2)26-16-17-8-6-5-7-9-17/h5-11,14H,4,12-13,15-16H2,1-3H3,(H2,22,23,24). The molecular formula is C21H29N3O2S. The zero-order chi connectivity index (χ0) is 19.3. The van der Waals surface area contributed by atoms with Crippen molar-refractivity contribution in [2.24, 2.45) is 4.99 Å². The normalized spacial score (nSPS) is 11.1. The van der Waals surface area contributed by atoms with Gasteiger partial charge in [0, 0.05) is 18.8 Å². The van der Waals surface area contributed by atoms with Crippen LogP contribution >= 0.6 is 11.8 Å². The second-order valence-electron chi connectivity index (χ2n) is 5.87. The summed E-state index contributed by atoms with van der Waals surface area (Å²) in [6.07, 6.45) is 2.10. The van der Waals surface area contributed by atoms with Crippen LogP contribution < -0.4 is 20.1 Å². The minimum atomic E-state index is 0.513. The molecule has 0 fully saturated rings. The molecule has 5 nitrogen and oxygen atoms in total. The van der Waals surface area contributed by atoms with Crippen LogP contribution in [-0.4, -0.2) is 38.2 Å². The van der Waals surface area contributed by atoms with Gasteiger partial charge in [0.15, 0.2) is 17.5 Å². The van der Waals surface area contributed by atoms with Crippen LogP contribution in [0.3, 0.4) is 0 Å². The molecule has 146 valence electrons. The average molecular weight is 388 g/mol. The Hall–Kier alpha value is -2.34. The molecule has 6 heteroatoms. The fraction of sp³-hybridized carbons (Fsp3) is 0.381. The highest BCUT2D eigenvalue weighted by Crippen LogP contribution is 2.29. The Morgan fingerprint density at radius 2 is 1.85 bits per heavy atom. The van der Waals surface area contributed by atoms with Crippen LogP contribution in [-0.2, 0) is 13.2 Å². The Kier molecular flexibility index (Phi) is 9.41. The van der Waals surface area contributed by atoms with E-state index in [4.69, 9.17) is 9.47 Å². The molecule has 2 rings (SSSR count). The molecule has 2 aromatic rings. The number of methoxy groups -OCH3 is 1. The third-order valence-corrected chi connectivity index (χ3v) is 4.44. The Morgan fingerprint density at radius 1 is 1.04 bits per heavy atom. The van der Waals surface area contributed by atoms with E-state index in [1.807, 2.05) is 60.3 Å². The molecule has 0 aromatic heterocycles. The van der Waals surface area contributed by atoms with E-state index in [9.17, 15) is 0 Å². The van der Waals surface area contributed by atoms with Gasteiger partial charge >= 0.3 is 0 Å². The minimum Gasteiger partial charge on any atom is -0.493 e. The maximum Gasteiger partial charge on any atom is 0.191 e. The van der Waals surface area contributed by atoms with E-state index in [0.29, 0.717) is 13.2 Å². The fourth-order valence-corrected chi connectivity index (χ4v) is 2.75. The average Bonchev–Trinajstić information content (AvgIpc) is 2.71. The first-order chi connectivity index (χ1) is 13.3. The topological polar surface area (TPSA) is 54.9 Å². The van der Waals surface area contributed by atoms with Crippen molar-refractivity contribution in [3.63, 3.8) is 0 Å². The number of thioether (sulfide) groups is 1. The number of hydrogen-bond donors (Lipinski definition) is 2. The summed E-state index contributed by atoms with van der Waals surface area (Å²) in [4.78, 5) is 4.64. The van der Waals surface area contributed by atoms with Gasteiger partial charge in [0.1, 0.15) is 6.61 Å². The summed E-state index contributed by atoms with van der Waals surface area (Å²) >= 11 is 1.81. The van der Waals surface area contributed by atoms with E-state index in [1.165, 1.54) is 0 Å². The van der Waals surface area contributed by atoms with Gasteiger partial charge in [-0.1, -0.05) is 36.4 Å². The molecule has 0 radical (unpaired) electrons. The van der Waals surface area contributed by atoms with Crippen molar-refractivity contribution in [2.75, 3.05) is 32.2 Å². The summed E-state index contributed by atoms with van der Waals surface area (Å²) < 4.78 is 11.4. The molecule has 0 aliphatic carbocycles. The van der Waals surface area contributed by atoms with Crippen molar-refractivity contribution in [3.05, 3.63) is 59.7 Å². The Labute approximate surface area is 166 Å². The number of aliphatic imine (C=N–C) groups is 1. The molecule has 2 N–H and O–H groups in total. The van der Waals surface area contributed by atoms with E-state index in [-0.39, 0.29) is 0 Å². The maximum atomic E-state index is 5.91. The number of nitrogens with zero attached hydrogens (tertiary/aromatic N) is 1. The minimum absolute atomic E-state index is 0.513. The van der Waals surface area contributed by atoms with Crippen LogP contribution in [0.1, 0.15) is 18.1 Å². The third-order valence-electron chi connectivity index (χ3n) is 3.83. The van der Waals surface area contributed by atoms with Crippen molar-refractivity contribution in [2.45, 2.75) is 20.1 Å². The fourth-order valence-electron chi connectivity index (χ4n) is 2.45. The molecule has 2 aromatic carbocycles. The number of guanidine groups is 1. The SMILES string of the molecule is CCNC(=NCc1ccc(OCc2ccccc2)c(OC)c1)NCCSC. The number of hydrogen-bond acceptors (Lipinski definition) is 4. The van der Waals surface area contributed by atoms with Gasteiger partial charge in [0.2, 0.25) is 0 Å². The highest BCUT2D eigenvalue weighted by molar-refractivity contribution is 7.98. The smallest absolute Gasteiger partial charge is 0.191 e. The molecule has 27 heavy (non-hydrogen) atoms. The number of benzene rings is 2. The summed E-state index contributed by atoms with van der Waals surface area (Å²) in [6, 6.07) is 16.0. The van der Waals surface area contributed by atoms with Crippen molar-refractivity contribution >= 4 is 17.7 Å². The monoisotopic (exact) mass is 387 g/mol. The molecule has 0 unspecified atom stereocenters. The first-order valence-corrected chi connectivity index (χ1v) is 10.5. The molecule has 0 amide bonds. The molecule has 0 saturated heterocycles. The van der Waals surface area contributed by atoms with E-state index in [1.54, 1.807) is 7.11 Å². The van der Waals surface area contributed by atoms with Crippen LogP contribution in [0, 0.1) is 0 Å². The molecule has 0 heterocycles. The third kappa shape index (κ3) is 7.43. The molecule has 0 atom stereocenters. The number of ether oxygens (including phenoxy) is 2. The van der Waals surface area contributed by atoms with Crippen molar-refractivity contribution in [3.8, 4) is 11.5 Å². The molecule has 0 aliphatic heterocycles. The van der Waals surface area contributed by atoms with Crippen molar-refractivity contribution < 1.29 is 9.47 Å². The van der Waals surface area contributed by atoms with Gasteiger partial charge in [-0.05, 0) is 36.4 Å². The van der Waals surface area contributed by atoms with E-state index < -0.39 is 0 Å². The number of rotatable bonds is 10. The highest BCUT2D eigenvalue weighted by Gasteiger charge is 2.07. The largest absolute Gasteiger partial charge is 0.493 e. The van der Waals surface area contributed by atoms with Crippen molar-refractivity contribution in [1.82, 2.24) is 10.6 Å². The lowest BCUT2D eigenvalue weighted by Crippen LogP contribution is -2.38. The van der Waals surface area contributed by atoms with Gasteiger partial charge in [0.05, 0.1) is 13.7 Å². The highest BCUT2D eigenvalue weighted by atomic mass is 32.2. The first kappa shape index (κ1) is 21.0. The molecule has 0 aliphatic rings.